The van der Waals surface area contributed by atoms with Crippen LogP contribution in [-0.4, -0.2) is 53.0 Å². The van der Waals surface area contributed by atoms with E-state index in [1.807, 2.05) is 21.7 Å². The minimum atomic E-state index is 0.154. The van der Waals surface area contributed by atoms with Crippen molar-refractivity contribution < 1.29 is 4.79 Å². The van der Waals surface area contributed by atoms with Crippen LogP contribution >= 0.6 is 15.9 Å². The van der Waals surface area contributed by atoms with Crippen LogP contribution in [0.2, 0.25) is 0 Å². The third-order valence-corrected chi connectivity index (χ3v) is 4.14. The Balaban J connectivity index is 1.98. The molecule has 2 heterocycles. The fourth-order valence-electron chi connectivity index (χ4n) is 2.73. The molecule has 112 valence electrons. The number of rotatable bonds is 4. The topological polar surface area (TPSA) is 28.5 Å². The molecule has 1 amide bonds. The number of amides is 1. The molecule has 1 aliphatic heterocycles. The molecule has 2 rings (SSSR count). The standard InChI is InChI=1S/C15H24BrN3O/c1-4-18-11-13(16)9-14(18)15(20)19-7-5-17(6-8-19)10-12(2)3/h9,11-12H,4-8,10H2,1-3H3. The van der Waals surface area contributed by atoms with E-state index in [9.17, 15) is 4.79 Å². The van der Waals surface area contributed by atoms with E-state index < -0.39 is 0 Å². The van der Waals surface area contributed by atoms with Gasteiger partial charge < -0.3 is 9.47 Å². The van der Waals surface area contributed by atoms with E-state index >= 15 is 0 Å². The van der Waals surface area contributed by atoms with Gasteiger partial charge in [0.2, 0.25) is 0 Å². The van der Waals surface area contributed by atoms with Crippen molar-refractivity contribution in [3.63, 3.8) is 0 Å². The fourth-order valence-corrected chi connectivity index (χ4v) is 3.19. The largest absolute Gasteiger partial charge is 0.343 e. The summed E-state index contributed by atoms with van der Waals surface area (Å²) in [5.41, 5.74) is 0.789. The average molecular weight is 342 g/mol. The molecule has 0 N–H and O–H groups in total. The number of carbonyl (C=O) groups is 1. The molecule has 0 spiro atoms. The Hall–Kier alpha value is -0.810. The summed E-state index contributed by atoms with van der Waals surface area (Å²) in [5, 5.41) is 0. The van der Waals surface area contributed by atoms with Crippen molar-refractivity contribution in [1.82, 2.24) is 14.4 Å². The summed E-state index contributed by atoms with van der Waals surface area (Å²) in [6, 6.07) is 1.92. The summed E-state index contributed by atoms with van der Waals surface area (Å²) >= 11 is 3.45. The SMILES string of the molecule is CCn1cc(Br)cc1C(=O)N1CCN(CC(C)C)CC1. The zero-order chi connectivity index (χ0) is 14.7. The smallest absolute Gasteiger partial charge is 0.270 e. The van der Waals surface area contributed by atoms with Gasteiger partial charge in [-0.25, -0.2) is 0 Å². The molecule has 1 aromatic heterocycles. The number of hydrogen-bond donors (Lipinski definition) is 0. The minimum Gasteiger partial charge on any atom is -0.343 e. The van der Waals surface area contributed by atoms with Gasteiger partial charge in [-0.05, 0) is 34.8 Å². The van der Waals surface area contributed by atoms with Crippen LogP contribution in [0.4, 0.5) is 0 Å². The quantitative estimate of drug-likeness (QED) is 0.842. The van der Waals surface area contributed by atoms with Gasteiger partial charge in [0.15, 0.2) is 0 Å². The predicted molar refractivity (Wildman–Crippen MR) is 85.0 cm³/mol. The normalized spacial score (nSPS) is 16.9. The van der Waals surface area contributed by atoms with Gasteiger partial charge in [0.05, 0.1) is 0 Å². The van der Waals surface area contributed by atoms with Gasteiger partial charge in [-0.3, -0.25) is 9.69 Å². The maximum atomic E-state index is 12.6. The van der Waals surface area contributed by atoms with Crippen LogP contribution in [-0.2, 0) is 6.54 Å². The molecule has 4 nitrogen and oxygen atoms in total. The Bertz CT molecular complexity index is 462. The van der Waals surface area contributed by atoms with Crippen molar-refractivity contribution in [2.45, 2.75) is 27.3 Å². The van der Waals surface area contributed by atoms with Gasteiger partial charge >= 0.3 is 0 Å². The van der Waals surface area contributed by atoms with Crippen molar-refractivity contribution in [2.24, 2.45) is 5.92 Å². The summed E-state index contributed by atoms with van der Waals surface area (Å²) < 4.78 is 2.98. The Morgan fingerprint density at radius 3 is 2.50 bits per heavy atom. The van der Waals surface area contributed by atoms with E-state index in [1.165, 1.54) is 0 Å². The fraction of sp³-hybridized carbons (Fsp3) is 0.667. The van der Waals surface area contributed by atoms with E-state index in [0.29, 0.717) is 5.92 Å². The molecule has 0 aliphatic carbocycles. The van der Waals surface area contributed by atoms with Gasteiger partial charge in [-0.2, -0.15) is 0 Å². The molecule has 1 fully saturated rings. The average Bonchev–Trinajstić information content (AvgIpc) is 2.79. The van der Waals surface area contributed by atoms with Crippen LogP contribution < -0.4 is 0 Å². The molecule has 20 heavy (non-hydrogen) atoms. The summed E-state index contributed by atoms with van der Waals surface area (Å²) in [7, 11) is 0. The Labute approximate surface area is 129 Å². The van der Waals surface area contributed by atoms with E-state index in [-0.39, 0.29) is 5.91 Å². The molecule has 0 aromatic carbocycles. The van der Waals surface area contributed by atoms with E-state index in [0.717, 1.165) is 49.4 Å². The van der Waals surface area contributed by atoms with Gasteiger partial charge in [0, 0.05) is 49.9 Å². The number of halogens is 1. The second-order valence-electron chi connectivity index (χ2n) is 5.82. The Morgan fingerprint density at radius 1 is 1.30 bits per heavy atom. The summed E-state index contributed by atoms with van der Waals surface area (Å²) in [6.07, 6.45) is 1.97. The van der Waals surface area contributed by atoms with Crippen LogP contribution in [0.15, 0.2) is 16.7 Å². The highest BCUT2D eigenvalue weighted by atomic mass is 79.9. The zero-order valence-corrected chi connectivity index (χ0v) is 14.2. The van der Waals surface area contributed by atoms with Crippen LogP contribution in [0.1, 0.15) is 31.3 Å². The lowest BCUT2D eigenvalue weighted by atomic mass is 10.2. The molecule has 1 saturated heterocycles. The number of aromatic nitrogens is 1. The number of nitrogens with zero attached hydrogens (tertiary/aromatic N) is 3. The Morgan fingerprint density at radius 2 is 1.95 bits per heavy atom. The first-order valence-electron chi connectivity index (χ1n) is 7.38. The highest BCUT2D eigenvalue weighted by Crippen LogP contribution is 2.17. The van der Waals surface area contributed by atoms with Gasteiger partial charge in [-0.15, -0.1) is 0 Å². The second-order valence-corrected chi connectivity index (χ2v) is 6.73. The lowest BCUT2D eigenvalue weighted by molar-refractivity contribution is 0.0613. The van der Waals surface area contributed by atoms with Crippen molar-refractivity contribution in [3.8, 4) is 0 Å². The molecule has 0 unspecified atom stereocenters. The summed E-state index contributed by atoms with van der Waals surface area (Å²) in [5.74, 6) is 0.840. The predicted octanol–water partition coefficient (Wildman–Crippen LogP) is 2.68. The highest BCUT2D eigenvalue weighted by molar-refractivity contribution is 9.10. The lowest BCUT2D eigenvalue weighted by Crippen LogP contribution is -2.49. The number of hydrogen-bond acceptors (Lipinski definition) is 2. The van der Waals surface area contributed by atoms with Gasteiger partial charge in [-0.1, -0.05) is 13.8 Å². The third-order valence-electron chi connectivity index (χ3n) is 3.71. The first-order valence-corrected chi connectivity index (χ1v) is 8.17. The van der Waals surface area contributed by atoms with Crippen molar-refractivity contribution in [3.05, 3.63) is 22.4 Å². The van der Waals surface area contributed by atoms with Gasteiger partial charge in [0.25, 0.3) is 5.91 Å². The van der Waals surface area contributed by atoms with Crippen LogP contribution in [0, 0.1) is 5.92 Å². The maximum Gasteiger partial charge on any atom is 0.270 e. The number of piperazine rings is 1. The molecule has 5 heteroatoms. The molecule has 1 aliphatic rings. The summed E-state index contributed by atoms with van der Waals surface area (Å²) in [4.78, 5) is 17.0. The van der Waals surface area contributed by atoms with Crippen LogP contribution in [0.5, 0.6) is 0 Å². The molecular formula is C15H24BrN3O. The van der Waals surface area contributed by atoms with E-state index in [1.54, 1.807) is 0 Å². The molecule has 0 saturated carbocycles. The first-order chi connectivity index (χ1) is 9.51. The number of carbonyl (C=O) groups excluding carboxylic acids is 1. The van der Waals surface area contributed by atoms with Crippen LogP contribution in [0.3, 0.4) is 0 Å². The maximum absolute atomic E-state index is 12.6. The first kappa shape index (κ1) is 15.6. The van der Waals surface area contributed by atoms with Gasteiger partial charge in [0.1, 0.15) is 5.69 Å². The lowest BCUT2D eigenvalue weighted by Gasteiger charge is -2.35. The molecular weight excluding hydrogens is 318 g/mol. The highest BCUT2D eigenvalue weighted by Gasteiger charge is 2.24. The third kappa shape index (κ3) is 3.64. The zero-order valence-electron chi connectivity index (χ0n) is 12.6. The molecule has 1 aromatic rings. The van der Waals surface area contributed by atoms with Crippen molar-refractivity contribution >= 4 is 21.8 Å². The second kappa shape index (κ2) is 6.76. The monoisotopic (exact) mass is 341 g/mol. The van der Waals surface area contributed by atoms with E-state index in [2.05, 4.69) is 41.6 Å². The molecule has 0 bridgehead atoms. The molecule has 0 atom stereocenters. The molecule has 0 radical (unpaired) electrons. The van der Waals surface area contributed by atoms with Crippen molar-refractivity contribution in [2.75, 3.05) is 32.7 Å². The minimum absolute atomic E-state index is 0.154. The van der Waals surface area contributed by atoms with E-state index in [4.69, 9.17) is 0 Å². The number of aryl methyl sites for hydroxylation is 1. The summed E-state index contributed by atoms with van der Waals surface area (Å²) in [6.45, 7) is 12.1. The van der Waals surface area contributed by atoms with Crippen molar-refractivity contribution in [1.29, 1.82) is 0 Å². The van der Waals surface area contributed by atoms with Crippen LogP contribution in [0.25, 0.3) is 0 Å². The Kier molecular flexibility index (Phi) is 5.27.